The molecule has 0 saturated carbocycles. The van der Waals surface area contributed by atoms with E-state index in [0.717, 1.165) is 4.47 Å². The second-order valence-electron chi connectivity index (χ2n) is 2.96. The Kier molecular flexibility index (Phi) is 4.15. The van der Waals surface area contributed by atoms with Crippen molar-refractivity contribution in [1.82, 2.24) is 0 Å². The smallest absolute Gasteiger partial charge is 0.163 e. The molecule has 1 aromatic carbocycles. The average molecular weight is 273 g/mol. The molecule has 0 saturated heterocycles. The van der Waals surface area contributed by atoms with Crippen LogP contribution >= 0.6 is 15.9 Å². The lowest BCUT2D eigenvalue weighted by Crippen LogP contribution is -2.00. The second kappa shape index (κ2) is 5.16. The molecule has 0 unspecified atom stereocenters. The first kappa shape index (κ1) is 12.0. The summed E-state index contributed by atoms with van der Waals surface area (Å²) in [5.41, 5.74) is 0.621. The number of halogens is 1. The van der Waals surface area contributed by atoms with Crippen molar-refractivity contribution in [1.29, 1.82) is 0 Å². The molecule has 0 spiro atoms. The zero-order valence-corrected chi connectivity index (χ0v) is 10.6. The number of carbonyl (C=O) groups excluding carboxylic acids is 1. The summed E-state index contributed by atoms with van der Waals surface area (Å²) in [6, 6.07) is 3.43. The molecule has 0 N–H and O–H groups in total. The van der Waals surface area contributed by atoms with Crippen LogP contribution in [0.3, 0.4) is 0 Å². The Morgan fingerprint density at radius 2 is 1.80 bits per heavy atom. The fraction of sp³-hybridized carbons (Fsp3) is 0.364. The first-order valence-electron chi connectivity index (χ1n) is 4.58. The van der Waals surface area contributed by atoms with E-state index >= 15 is 0 Å². The zero-order chi connectivity index (χ0) is 11.4. The number of hydrogen-bond acceptors (Lipinski definition) is 3. The van der Waals surface area contributed by atoms with Gasteiger partial charge in [0.25, 0.3) is 0 Å². The van der Waals surface area contributed by atoms with Gasteiger partial charge in [0.05, 0.1) is 14.2 Å². The third kappa shape index (κ3) is 2.50. The fourth-order valence-corrected chi connectivity index (χ4v) is 1.80. The van der Waals surface area contributed by atoms with E-state index in [1.54, 1.807) is 26.4 Å². The van der Waals surface area contributed by atoms with Gasteiger partial charge in [-0.2, -0.15) is 0 Å². The quantitative estimate of drug-likeness (QED) is 0.791. The zero-order valence-electron chi connectivity index (χ0n) is 8.96. The van der Waals surface area contributed by atoms with Gasteiger partial charge < -0.3 is 9.47 Å². The highest BCUT2D eigenvalue weighted by Gasteiger charge is 2.13. The highest BCUT2D eigenvalue weighted by Crippen LogP contribution is 2.33. The lowest BCUT2D eigenvalue weighted by molar-refractivity contribution is 0.0987. The van der Waals surface area contributed by atoms with Crippen molar-refractivity contribution >= 4 is 21.7 Å². The van der Waals surface area contributed by atoms with Crippen molar-refractivity contribution < 1.29 is 14.3 Å². The van der Waals surface area contributed by atoms with E-state index in [2.05, 4.69) is 15.9 Å². The van der Waals surface area contributed by atoms with E-state index in [-0.39, 0.29) is 5.78 Å². The molecule has 1 aromatic rings. The average Bonchev–Trinajstić information content (AvgIpc) is 2.27. The van der Waals surface area contributed by atoms with E-state index in [1.807, 2.05) is 6.92 Å². The number of hydrogen-bond donors (Lipinski definition) is 0. The van der Waals surface area contributed by atoms with Crippen molar-refractivity contribution in [3.8, 4) is 11.5 Å². The second-order valence-corrected chi connectivity index (χ2v) is 3.82. The van der Waals surface area contributed by atoms with Crippen LogP contribution in [0.25, 0.3) is 0 Å². The van der Waals surface area contributed by atoms with E-state index < -0.39 is 0 Å². The van der Waals surface area contributed by atoms with Gasteiger partial charge in [-0.25, -0.2) is 0 Å². The van der Waals surface area contributed by atoms with Crippen LogP contribution in [0.1, 0.15) is 23.7 Å². The molecule has 0 atom stereocenters. The van der Waals surface area contributed by atoms with Crippen molar-refractivity contribution in [3.63, 3.8) is 0 Å². The highest BCUT2D eigenvalue weighted by molar-refractivity contribution is 9.10. The maximum Gasteiger partial charge on any atom is 0.163 e. The summed E-state index contributed by atoms with van der Waals surface area (Å²) in [5, 5.41) is 0. The first-order valence-corrected chi connectivity index (χ1v) is 5.38. The van der Waals surface area contributed by atoms with E-state index in [4.69, 9.17) is 9.47 Å². The third-order valence-corrected chi connectivity index (χ3v) is 2.75. The molecule has 0 aromatic heterocycles. The van der Waals surface area contributed by atoms with Crippen molar-refractivity contribution in [2.75, 3.05) is 14.2 Å². The van der Waals surface area contributed by atoms with Gasteiger partial charge in [-0.15, -0.1) is 0 Å². The molecule has 0 aliphatic rings. The molecule has 0 fully saturated rings. The van der Waals surface area contributed by atoms with Crippen LogP contribution in [0.15, 0.2) is 16.6 Å². The maximum atomic E-state index is 11.6. The van der Waals surface area contributed by atoms with Crippen LogP contribution in [0.5, 0.6) is 11.5 Å². The van der Waals surface area contributed by atoms with E-state index in [1.165, 1.54) is 0 Å². The van der Waals surface area contributed by atoms with Gasteiger partial charge in [0, 0.05) is 16.5 Å². The lowest BCUT2D eigenvalue weighted by Gasteiger charge is -2.10. The SMILES string of the molecule is CCC(=O)c1cc(OC)c(OC)cc1Br. The molecule has 1 rings (SSSR count). The number of benzene rings is 1. The summed E-state index contributed by atoms with van der Waals surface area (Å²) < 4.78 is 11.0. The molecule has 0 bridgehead atoms. The van der Waals surface area contributed by atoms with Gasteiger partial charge in [0.2, 0.25) is 0 Å². The van der Waals surface area contributed by atoms with Crippen LogP contribution in [0.2, 0.25) is 0 Å². The topological polar surface area (TPSA) is 35.5 Å². The van der Waals surface area contributed by atoms with Gasteiger partial charge >= 0.3 is 0 Å². The maximum absolute atomic E-state index is 11.6. The minimum absolute atomic E-state index is 0.0721. The Morgan fingerprint density at radius 3 is 2.27 bits per heavy atom. The molecule has 0 aliphatic heterocycles. The number of ether oxygens (including phenoxy) is 2. The van der Waals surface area contributed by atoms with Crippen LogP contribution < -0.4 is 9.47 Å². The number of ketones is 1. The normalized spacial score (nSPS) is 9.87. The number of carbonyl (C=O) groups is 1. The van der Waals surface area contributed by atoms with E-state index in [0.29, 0.717) is 23.5 Å². The number of rotatable bonds is 4. The van der Waals surface area contributed by atoms with Crippen molar-refractivity contribution in [2.24, 2.45) is 0 Å². The van der Waals surface area contributed by atoms with Gasteiger partial charge in [-0.1, -0.05) is 6.92 Å². The summed E-state index contributed by atoms with van der Waals surface area (Å²) in [6.45, 7) is 1.82. The highest BCUT2D eigenvalue weighted by atomic mass is 79.9. The van der Waals surface area contributed by atoms with Gasteiger partial charge in [0.1, 0.15) is 0 Å². The Hall–Kier alpha value is -1.03. The summed E-state index contributed by atoms with van der Waals surface area (Å²) in [4.78, 5) is 11.6. The molecule has 0 heterocycles. The van der Waals surface area contributed by atoms with E-state index in [9.17, 15) is 4.79 Å². The van der Waals surface area contributed by atoms with Crippen LogP contribution in [-0.2, 0) is 0 Å². The Bertz CT molecular complexity index is 374. The molecule has 82 valence electrons. The molecular formula is C11H13BrO3. The van der Waals surface area contributed by atoms with Gasteiger partial charge in [-0.3, -0.25) is 4.79 Å². The Morgan fingerprint density at radius 1 is 1.27 bits per heavy atom. The van der Waals surface area contributed by atoms with Gasteiger partial charge in [0.15, 0.2) is 17.3 Å². The monoisotopic (exact) mass is 272 g/mol. The molecule has 4 heteroatoms. The molecule has 3 nitrogen and oxygen atoms in total. The summed E-state index contributed by atoms with van der Waals surface area (Å²) in [7, 11) is 3.11. The summed E-state index contributed by atoms with van der Waals surface area (Å²) in [6.07, 6.45) is 0.466. The molecular weight excluding hydrogens is 260 g/mol. The Balaban J connectivity index is 3.25. The van der Waals surface area contributed by atoms with Crippen LogP contribution in [0, 0.1) is 0 Å². The largest absolute Gasteiger partial charge is 0.493 e. The standard InChI is InChI=1S/C11H13BrO3/c1-4-9(13)7-5-10(14-2)11(15-3)6-8(7)12/h5-6H,4H2,1-3H3. The first-order chi connectivity index (χ1) is 7.13. The molecule has 15 heavy (non-hydrogen) atoms. The predicted molar refractivity (Wildman–Crippen MR) is 61.9 cm³/mol. The molecule has 0 amide bonds. The van der Waals surface area contributed by atoms with Crippen LogP contribution in [-0.4, -0.2) is 20.0 Å². The lowest BCUT2D eigenvalue weighted by atomic mass is 10.1. The van der Waals surface area contributed by atoms with Crippen molar-refractivity contribution in [2.45, 2.75) is 13.3 Å². The minimum Gasteiger partial charge on any atom is -0.493 e. The minimum atomic E-state index is 0.0721. The number of Topliss-reactive ketones (excluding diaryl/α,β-unsaturated/α-hetero) is 1. The fourth-order valence-electron chi connectivity index (χ4n) is 1.26. The third-order valence-electron chi connectivity index (χ3n) is 2.09. The Labute approximate surface area is 97.5 Å². The number of methoxy groups -OCH3 is 2. The van der Waals surface area contributed by atoms with Gasteiger partial charge in [-0.05, 0) is 28.1 Å². The molecule has 0 aliphatic carbocycles. The molecule has 0 radical (unpaired) electrons. The van der Waals surface area contributed by atoms with Crippen LogP contribution in [0.4, 0.5) is 0 Å². The summed E-state index contributed by atoms with van der Waals surface area (Å²) >= 11 is 3.34. The predicted octanol–water partition coefficient (Wildman–Crippen LogP) is 3.06. The summed E-state index contributed by atoms with van der Waals surface area (Å²) in [5.74, 6) is 1.25. The van der Waals surface area contributed by atoms with Crippen molar-refractivity contribution in [3.05, 3.63) is 22.2 Å².